The van der Waals surface area contributed by atoms with Crippen LogP contribution in [0, 0.1) is 5.92 Å². The van der Waals surface area contributed by atoms with Crippen LogP contribution in [0.4, 0.5) is 11.5 Å². The molecule has 2 amide bonds. The first kappa shape index (κ1) is 24.4. The van der Waals surface area contributed by atoms with E-state index in [1.54, 1.807) is 29.1 Å². The Hall–Kier alpha value is -3.27. The molecule has 1 aliphatic heterocycles. The first-order chi connectivity index (χ1) is 15.7. The lowest BCUT2D eigenvalue weighted by molar-refractivity contribution is -0.157. The number of esters is 1. The molecule has 2 unspecified atom stereocenters. The highest BCUT2D eigenvalue weighted by molar-refractivity contribution is 6.32. The summed E-state index contributed by atoms with van der Waals surface area (Å²) in [7, 11) is 2.94. The van der Waals surface area contributed by atoms with Crippen LogP contribution in [0.5, 0.6) is 11.5 Å². The summed E-state index contributed by atoms with van der Waals surface area (Å²) in [5, 5.41) is 7.16. The van der Waals surface area contributed by atoms with Gasteiger partial charge in [0.1, 0.15) is 17.3 Å². The van der Waals surface area contributed by atoms with Crippen molar-refractivity contribution in [1.29, 1.82) is 0 Å². The van der Waals surface area contributed by atoms with Crippen molar-refractivity contribution in [2.45, 2.75) is 39.3 Å². The molecule has 11 heteroatoms. The molecule has 0 radical (unpaired) electrons. The summed E-state index contributed by atoms with van der Waals surface area (Å²) in [4.78, 5) is 39.3. The van der Waals surface area contributed by atoms with Gasteiger partial charge in [-0.1, -0.05) is 11.6 Å². The lowest BCUT2D eigenvalue weighted by Crippen LogP contribution is -2.34. The molecule has 3 rings (SSSR count). The van der Waals surface area contributed by atoms with Crippen molar-refractivity contribution >= 4 is 40.9 Å². The summed E-state index contributed by atoms with van der Waals surface area (Å²) in [5.74, 6) is -0.857. The summed E-state index contributed by atoms with van der Waals surface area (Å²) in [5.41, 5.74) is 0.427. The quantitative estimate of drug-likeness (QED) is 0.580. The largest absolute Gasteiger partial charge is 0.495 e. The summed E-state index contributed by atoms with van der Waals surface area (Å²) in [6.07, 6.45) is 0.465. The number of halogens is 1. The van der Waals surface area contributed by atoms with E-state index in [1.807, 2.05) is 13.8 Å². The molecular weight excluding hydrogens is 452 g/mol. The topological polar surface area (TPSA) is 112 Å². The molecule has 10 nitrogen and oxygen atoms in total. The van der Waals surface area contributed by atoms with E-state index in [0.717, 1.165) is 0 Å². The number of ether oxygens (including phenoxy) is 3. The molecule has 1 aromatic carbocycles. The Bertz CT molecular complexity index is 1050. The number of carbonyl (C=O) groups is 3. The van der Waals surface area contributed by atoms with Crippen molar-refractivity contribution < 1.29 is 28.6 Å². The van der Waals surface area contributed by atoms with E-state index in [2.05, 4.69) is 10.4 Å². The smallest absolute Gasteiger partial charge is 0.312 e. The third-order valence-corrected chi connectivity index (χ3v) is 5.57. The summed E-state index contributed by atoms with van der Waals surface area (Å²) < 4.78 is 17.5. The van der Waals surface area contributed by atoms with Gasteiger partial charge in [-0.3, -0.25) is 14.4 Å². The Morgan fingerprint density at radius 2 is 1.88 bits per heavy atom. The molecule has 2 heterocycles. The molecule has 0 spiro atoms. The minimum Gasteiger partial charge on any atom is -0.495 e. The zero-order chi connectivity index (χ0) is 24.3. The number of nitrogens with one attached hydrogen (secondary N) is 1. The average Bonchev–Trinajstić information content (AvgIpc) is 3.40. The van der Waals surface area contributed by atoms with Gasteiger partial charge >= 0.3 is 5.97 Å². The summed E-state index contributed by atoms with van der Waals surface area (Å²) >= 11 is 6.22. The van der Waals surface area contributed by atoms with E-state index in [0.29, 0.717) is 28.0 Å². The highest BCUT2D eigenvalue weighted by Crippen LogP contribution is 2.40. The van der Waals surface area contributed by atoms with Crippen molar-refractivity contribution in [2.24, 2.45) is 5.92 Å². The van der Waals surface area contributed by atoms with E-state index < -0.39 is 23.9 Å². The Morgan fingerprint density at radius 3 is 2.52 bits per heavy atom. The highest BCUT2D eigenvalue weighted by Gasteiger charge is 2.38. The number of benzene rings is 1. The first-order valence-electron chi connectivity index (χ1n) is 10.4. The van der Waals surface area contributed by atoms with Gasteiger partial charge in [-0.15, -0.1) is 0 Å². The highest BCUT2D eigenvalue weighted by atomic mass is 35.5. The van der Waals surface area contributed by atoms with Gasteiger partial charge in [-0.25, -0.2) is 4.68 Å². The molecule has 178 valence electrons. The number of carbonyl (C=O) groups excluding carboxylic acids is 3. The number of hydrogen-bond donors (Lipinski definition) is 1. The first-order valence-corrected chi connectivity index (χ1v) is 10.8. The lowest BCUT2D eigenvalue weighted by Gasteiger charge is -2.21. The minimum atomic E-state index is -1.05. The fourth-order valence-corrected chi connectivity index (χ4v) is 3.77. The third-order valence-electron chi connectivity index (χ3n) is 5.28. The van der Waals surface area contributed by atoms with Gasteiger partial charge in [-0.2, -0.15) is 5.10 Å². The van der Waals surface area contributed by atoms with Gasteiger partial charge in [0.25, 0.3) is 5.91 Å². The Labute approximate surface area is 196 Å². The van der Waals surface area contributed by atoms with Gasteiger partial charge in [0, 0.05) is 31.1 Å². The fraction of sp³-hybridized carbons (Fsp3) is 0.455. The van der Waals surface area contributed by atoms with Crippen molar-refractivity contribution in [1.82, 2.24) is 9.78 Å². The third kappa shape index (κ3) is 5.22. The number of amides is 2. The summed E-state index contributed by atoms with van der Waals surface area (Å²) in [6.45, 7) is 5.41. The van der Waals surface area contributed by atoms with Crippen molar-refractivity contribution in [3.05, 3.63) is 29.4 Å². The van der Waals surface area contributed by atoms with Gasteiger partial charge in [0.05, 0.1) is 37.0 Å². The number of methoxy groups -OCH3 is 2. The lowest BCUT2D eigenvalue weighted by atomic mass is 10.1. The monoisotopic (exact) mass is 478 g/mol. The Morgan fingerprint density at radius 1 is 1.18 bits per heavy atom. The molecule has 2 aromatic rings. The normalized spacial score (nSPS) is 16.6. The maximum absolute atomic E-state index is 12.7. The van der Waals surface area contributed by atoms with E-state index in [1.165, 1.54) is 26.0 Å². The average molecular weight is 479 g/mol. The molecule has 0 aliphatic carbocycles. The van der Waals surface area contributed by atoms with Crippen LogP contribution in [0.15, 0.2) is 24.4 Å². The van der Waals surface area contributed by atoms with Gasteiger partial charge < -0.3 is 24.4 Å². The van der Waals surface area contributed by atoms with E-state index >= 15 is 0 Å². The van der Waals surface area contributed by atoms with Crippen LogP contribution in [-0.4, -0.2) is 54.4 Å². The molecule has 1 fully saturated rings. The molecule has 1 aromatic heterocycles. The van der Waals surface area contributed by atoms with Crippen LogP contribution in [0.1, 0.15) is 33.2 Å². The minimum absolute atomic E-state index is 0.0482. The number of rotatable bonds is 8. The van der Waals surface area contributed by atoms with E-state index in [4.69, 9.17) is 25.8 Å². The van der Waals surface area contributed by atoms with E-state index in [-0.39, 0.29) is 24.9 Å². The van der Waals surface area contributed by atoms with Crippen LogP contribution in [0.3, 0.4) is 0 Å². The zero-order valence-corrected chi connectivity index (χ0v) is 19.9. The predicted molar refractivity (Wildman–Crippen MR) is 122 cm³/mol. The fourth-order valence-electron chi connectivity index (χ4n) is 3.53. The van der Waals surface area contributed by atoms with Crippen LogP contribution >= 0.6 is 11.6 Å². The Balaban J connectivity index is 1.66. The van der Waals surface area contributed by atoms with Crippen LogP contribution < -0.4 is 19.7 Å². The molecule has 1 N–H and O–H groups in total. The molecule has 1 saturated heterocycles. The Kier molecular flexibility index (Phi) is 7.47. The molecule has 2 atom stereocenters. The van der Waals surface area contributed by atoms with Crippen molar-refractivity contribution in [3.63, 3.8) is 0 Å². The molecule has 0 bridgehead atoms. The standard InChI is InChI=1S/C22H27ClN4O6/c1-12(2)27-19(6-7-24-27)25-21(29)13(3)33-22(30)14-8-20(28)26(11-14)16-9-15(23)17(31-4)10-18(16)32-5/h6-7,9-10,12-14H,8,11H2,1-5H3,(H,25,29). The van der Waals surface area contributed by atoms with Crippen LogP contribution in [-0.2, 0) is 19.1 Å². The van der Waals surface area contributed by atoms with Crippen molar-refractivity contribution in [3.8, 4) is 11.5 Å². The second kappa shape index (κ2) is 10.1. The number of anilines is 2. The van der Waals surface area contributed by atoms with E-state index in [9.17, 15) is 14.4 Å². The molecular formula is C22H27ClN4O6. The number of hydrogen-bond acceptors (Lipinski definition) is 7. The van der Waals surface area contributed by atoms with Gasteiger partial charge in [0.2, 0.25) is 5.91 Å². The maximum atomic E-state index is 12.7. The maximum Gasteiger partial charge on any atom is 0.312 e. The summed E-state index contributed by atoms with van der Waals surface area (Å²) in [6, 6.07) is 4.84. The molecule has 33 heavy (non-hydrogen) atoms. The number of nitrogens with zero attached hydrogens (tertiary/aromatic N) is 3. The second-order valence-corrected chi connectivity index (χ2v) is 8.29. The molecule has 0 saturated carbocycles. The van der Waals surface area contributed by atoms with Crippen LogP contribution in [0.25, 0.3) is 0 Å². The molecule has 1 aliphatic rings. The van der Waals surface area contributed by atoms with Gasteiger partial charge in [0.15, 0.2) is 6.10 Å². The van der Waals surface area contributed by atoms with Gasteiger partial charge in [-0.05, 0) is 26.8 Å². The predicted octanol–water partition coefficient (Wildman–Crippen LogP) is 3.06. The number of aromatic nitrogens is 2. The second-order valence-electron chi connectivity index (χ2n) is 7.89. The van der Waals surface area contributed by atoms with Crippen molar-refractivity contribution in [2.75, 3.05) is 31.0 Å². The SMILES string of the molecule is COc1cc(OC)c(N2CC(C(=O)OC(C)C(=O)Nc3ccnn3C(C)C)CC2=O)cc1Cl. The zero-order valence-electron chi connectivity index (χ0n) is 19.1. The van der Waals surface area contributed by atoms with Crippen LogP contribution in [0.2, 0.25) is 5.02 Å².